The van der Waals surface area contributed by atoms with Crippen LogP contribution in [0.4, 0.5) is 0 Å². The third-order valence-corrected chi connectivity index (χ3v) is 4.83. The van der Waals surface area contributed by atoms with Crippen LogP contribution in [0, 0.1) is 11.3 Å². The van der Waals surface area contributed by atoms with E-state index in [1.54, 1.807) is 7.11 Å². The molecule has 8 heteroatoms. The van der Waals surface area contributed by atoms with Crippen LogP contribution < -0.4 is 10.3 Å². The van der Waals surface area contributed by atoms with Crippen molar-refractivity contribution >= 4 is 11.8 Å². The van der Waals surface area contributed by atoms with Gasteiger partial charge in [-0.3, -0.25) is 9.69 Å². The number of hydrogen-bond donors (Lipinski definition) is 1. The molecule has 1 aliphatic rings. The predicted molar refractivity (Wildman–Crippen MR) is 99.4 cm³/mol. The number of nitrogens with zero attached hydrogens (tertiary/aromatic N) is 3. The highest BCUT2D eigenvalue weighted by molar-refractivity contribution is 7.98. The first-order chi connectivity index (χ1) is 12.7. The van der Waals surface area contributed by atoms with Gasteiger partial charge < -0.3 is 14.5 Å². The molecule has 136 valence electrons. The topological polar surface area (TPSA) is 91.2 Å². The van der Waals surface area contributed by atoms with Crippen molar-refractivity contribution in [3.8, 4) is 23.1 Å². The van der Waals surface area contributed by atoms with E-state index >= 15 is 0 Å². The van der Waals surface area contributed by atoms with E-state index in [0.29, 0.717) is 30.6 Å². The Labute approximate surface area is 156 Å². The number of hydrogen-bond acceptors (Lipinski definition) is 7. The molecule has 0 amide bonds. The van der Waals surface area contributed by atoms with Gasteiger partial charge in [0.15, 0.2) is 5.16 Å². The van der Waals surface area contributed by atoms with E-state index in [4.69, 9.17) is 9.47 Å². The fourth-order valence-corrected chi connectivity index (χ4v) is 3.29. The predicted octanol–water partition coefficient (Wildman–Crippen LogP) is 1.87. The number of nitrogens with one attached hydrogen (secondary N) is 1. The molecule has 1 aliphatic heterocycles. The minimum absolute atomic E-state index is 0.0188. The van der Waals surface area contributed by atoms with Crippen LogP contribution in [0.2, 0.25) is 0 Å². The monoisotopic (exact) mass is 372 g/mol. The van der Waals surface area contributed by atoms with E-state index in [0.717, 1.165) is 30.0 Å². The normalized spacial score (nSPS) is 14.8. The van der Waals surface area contributed by atoms with Crippen molar-refractivity contribution in [1.29, 1.82) is 5.26 Å². The van der Waals surface area contributed by atoms with E-state index < -0.39 is 5.56 Å². The van der Waals surface area contributed by atoms with E-state index in [9.17, 15) is 10.1 Å². The molecule has 0 spiro atoms. The molecule has 0 aliphatic carbocycles. The van der Waals surface area contributed by atoms with Gasteiger partial charge in [-0.15, -0.1) is 0 Å². The molecule has 0 radical (unpaired) electrons. The van der Waals surface area contributed by atoms with Crippen molar-refractivity contribution in [3.63, 3.8) is 0 Å². The molecule has 2 aromatic rings. The molecule has 0 saturated carbocycles. The number of aromatic amines is 1. The summed E-state index contributed by atoms with van der Waals surface area (Å²) in [6.45, 7) is 3.86. The van der Waals surface area contributed by atoms with Crippen molar-refractivity contribution in [2.24, 2.45) is 0 Å². The number of nitriles is 1. The van der Waals surface area contributed by atoms with E-state index in [-0.39, 0.29) is 5.56 Å². The molecule has 7 nitrogen and oxygen atoms in total. The number of morpholine rings is 1. The lowest BCUT2D eigenvalue weighted by Gasteiger charge is -2.27. The maximum Gasteiger partial charge on any atom is 0.270 e. The van der Waals surface area contributed by atoms with Crippen LogP contribution in [0.15, 0.2) is 28.2 Å². The minimum Gasteiger partial charge on any atom is -0.496 e. The van der Waals surface area contributed by atoms with Gasteiger partial charge in [0.1, 0.15) is 17.4 Å². The molecule has 0 atom stereocenters. The highest BCUT2D eigenvalue weighted by Gasteiger charge is 2.17. The second-order valence-electron chi connectivity index (χ2n) is 5.83. The molecule has 1 saturated heterocycles. The Hall–Kier alpha value is -2.34. The summed E-state index contributed by atoms with van der Waals surface area (Å²) in [5.74, 6) is 0.772. The van der Waals surface area contributed by atoms with Crippen molar-refractivity contribution in [2.75, 3.05) is 39.7 Å². The number of ether oxygens (including phenoxy) is 2. The standard InChI is InChI=1S/C18H20N4O3S/c1-24-15-4-3-12(9-13(15)11-22-5-7-25-8-6-22)16-14(10-19)17(23)21-18(20-16)26-2/h3-4,9H,5-8,11H2,1-2H3,(H,20,21,23). The molecule has 1 N–H and O–H groups in total. The lowest BCUT2D eigenvalue weighted by molar-refractivity contribution is 0.0339. The Kier molecular flexibility index (Phi) is 5.93. The second-order valence-corrected chi connectivity index (χ2v) is 6.62. The first kappa shape index (κ1) is 18.5. The molecule has 1 aromatic carbocycles. The van der Waals surface area contributed by atoms with Crippen molar-refractivity contribution in [2.45, 2.75) is 11.7 Å². The Morgan fingerprint density at radius 1 is 1.42 bits per heavy atom. The SMILES string of the molecule is COc1ccc(-c2nc(SC)[nH]c(=O)c2C#N)cc1CN1CCOCC1. The fourth-order valence-electron chi connectivity index (χ4n) is 2.91. The number of thioether (sulfide) groups is 1. The number of methoxy groups -OCH3 is 1. The highest BCUT2D eigenvalue weighted by Crippen LogP contribution is 2.28. The van der Waals surface area contributed by atoms with Crippen LogP contribution >= 0.6 is 11.8 Å². The van der Waals surface area contributed by atoms with E-state index in [1.807, 2.05) is 30.5 Å². The van der Waals surface area contributed by atoms with Crippen LogP contribution in [0.3, 0.4) is 0 Å². The van der Waals surface area contributed by atoms with Gasteiger partial charge in [0, 0.05) is 30.8 Å². The Balaban J connectivity index is 2.03. The zero-order valence-electron chi connectivity index (χ0n) is 14.7. The fraction of sp³-hybridized carbons (Fsp3) is 0.389. The first-order valence-electron chi connectivity index (χ1n) is 8.22. The summed E-state index contributed by atoms with van der Waals surface area (Å²) < 4.78 is 10.9. The quantitative estimate of drug-likeness (QED) is 0.633. The summed E-state index contributed by atoms with van der Waals surface area (Å²) in [6, 6.07) is 7.60. The lowest BCUT2D eigenvalue weighted by Crippen LogP contribution is -2.35. The molecule has 3 rings (SSSR count). The molecule has 0 bridgehead atoms. The van der Waals surface area contributed by atoms with Crippen molar-refractivity contribution in [3.05, 3.63) is 39.7 Å². The van der Waals surface area contributed by atoms with Crippen LogP contribution in [0.1, 0.15) is 11.1 Å². The van der Waals surface area contributed by atoms with Gasteiger partial charge in [0.05, 0.1) is 26.0 Å². The van der Waals surface area contributed by atoms with Gasteiger partial charge in [-0.25, -0.2) is 4.98 Å². The maximum atomic E-state index is 12.2. The summed E-state index contributed by atoms with van der Waals surface area (Å²) in [5, 5.41) is 9.87. The first-order valence-corrected chi connectivity index (χ1v) is 9.44. The van der Waals surface area contributed by atoms with Gasteiger partial charge in [-0.05, 0) is 24.5 Å². The third-order valence-electron chi connectivity index (χ3n) is 4.25. The zero-order valence-corrected chi connectivity index (χ0v) is 15.6. The summed E-state index contributed by atoms with van der Waals surface area (Å²) in [7, 11) is 1.63. The third kappa shape index (κ3) is 3.90. The summed E-state index contributed by atoms with van der Waals surface area (Å²) in [4.78, 5) is 21.5. The average molecular weight is 372 g/mol. The van der Waals surface area contributed by atoms with Gasteiger partial charge in [0.25, 0.3) is 5.56 Å². The van der Waals surface area contributed by atoms with Crippen LogP contribution in [-0.4, -0.2) is 54.5 Å². The molecule has 1 aromatic heterocycles. The number of benzene rings is 1. The van der Waals surface area contributed by atoms with Crippen LogP contribution in [-0.2, 0) is 11.3 Å². The average Bonchev–Trinajstić information content (AvgIpc) is 2.68. The zero-order chi connectivity index (χ0) is 18.5. The van der Waals surface area contributed by atoms with E-state index in [1.165, 1.54) is 11.8 Å². The Bertz CT molecular complexity index is 885. The van der Waals surface area contributed by atoms with Crippen molar-refractivity contribution < 1.29 is 9.47 Å². The largest absolute Gasteiger partial charge is 0.496 e. The number of H-pyrrole nitrogens is 1. The van der Waals surface area contributed by atoms with Gasteiger partial charge in [-0.2, -0.15) is 5.26 Å². The highest BCUT2D eigenvalue weighted by atomic mass is 32.2. The Morgan fingerprint density at radius 3 is 2.85 bits per heavy atom. The van der Waals surface area contributed by atoms with Gasteiger partial charge in [-0.1, -0.05) is 11.8 Å². The smallest absolute Gasteiger partial charge is 0.270 e. The summed E-state index contributed by atoms with van der Waals surface area (Å²) in [5.41, 5.74) is 1.71. The Morgan fingerprint density at radius 2 is 2.19 bits per heavy atom. The van der Waals surface area contributed by atoms with Crippen LogP contribution in [0.5, 0.6) is 5.75 Å². The summed E-state index contributed by atoms with van der Waals surface area (Å²) in [6.07, 6.45) is 1.83. The van der Waals surface area contributed by atoms with Crippen molar-refractivity contribution in [1.82, 2.24) is 14.9 Å². The minimum atomic E-state index is -0.424. The molecular formula is C18H20N4O3S. The lowest BCUT2D eigenvalue weighted by atomic mass is 10.0. The maximum absolute atomic E-state index is 12.2. The van der Waals surface area contributed by atoms with Gasteiger partial charge >= 0.3 is 0 Å². The molecule has 26 heavy (non-hydrogen) atoms. The van der Waals surface area contributed by atoms with Crippen LogP contribution in [0.25, 0.3) is 11.3 Å². The summed E-state index contributed by atoms with van der Waals surface area (Å²) >= 11 is 1.33. The molecule has 2 heterocycles. The molecule has 0 unspecified atom stereocenters. The molecule has 1 fully saturated rings. The second kappa shape index (κ2) is 8.36. The van der Waals surface area contributed by atoms with Gasteiger partial charge in [0.2, 0.25) is 0 Å². The molecular weight excluding hydrogens is 352 g/mol. The van der Waals surface area contributed by atoms with E-state index in [2.05, 4.69) is 14.9 Å². The number of rotatable bonds is 5. The number of aromatic nitrogens is 2.